The third-order valence-electron chi connectivity index (χ3n) is 21.1. The number of likely N-dealkylation sites (N-methyl/N-ethyl adjacent to an activating group) is 3. The number of alkyl halides is 9. The second-order valence-electron chi connectivity index (χ2n) is 27.9. The van der Waals surface area contributed by atoms with Gasteiger partial charge in [-0.3, -0.25) is 29.0 Å². The number of nitrogens with zero attached hydrogens (tertiary/aromatic N) is 4. The number of amides is 4. The Hall–Kier alpha value is -7.32. The molecule has 2 bridgehead atoms. The van der Waals surface area contributed by atoms with Gasteiger partial charge in [-0.05, 0) is 205 Å². The lowest BCUT2D eigenvalue weighted by Crippen LogP contribution is -2.54. The fourth-order valence-corrected chi connectivity index (χ4v) is 17.5. The minimum Gasteiger partial charge on any atom is -0.344 e. The second kappa shape index (κ2) is 37.4. The van der Waals surface area contributed by atoms with Gasteiger partial charge in [0, 0.05) is 30.2 Å². The Balaban J connectivity index is 0.000000153. The zero-order chi connectivity index (χ0) is 76.7. The molecule has 26 heteroatoms. The molecule has 9 atom stereocenters. The number of halogens is 12. The van der Waals surface area contributed by atoms with Gasteiger partial charge in [0.05, 0.1) is 77.5 Å². The first-order valence-electron chi connectivity index (χ1n) is 36.0. The topological polar surface area (TPSA) is 129 Å². The van der Waals surface area contributed by atoms with Crippen molar-refractivity contribution in [1.82, 2.24) is 40.9 Å². The molecule has 6 aromatic carbocycles. The van der Waals surface area contributed by atoms with Crippen LogP contribution < -0.4 is 21.3 Å². The number of likely N-dealkylation sites (tertiary alicyclic amines) is 3. The van der Waals surface area contributed by atoms with Crippen molar-refractivity contribution >= 4 is 81.1 Å². The van der Waals surface area contributed by atoms with Crippen LogP contribution in [-0.2, 0) is 18.5 Å². The van der Waals surface area contributed by atoms with Crippen molar-refractivity contribution in [3.8, 4) is 0 Å². The number of nitrogens with one attached hydrogen (secondary N) is 4. The first-order chi connectivity index (χ1) is 51.1. The van der Waals surface area contributed by atoms with Gasteiger partial charge in [0.15, 0.2) is 0 Å². The monoisotopic (exact) mass is 1580 g/mol. The van der Waals surface area contributed by atoms with E-state index >= 15 is 0 Å². The molecule has 572 valence electrons. The average Bonchev–Trinajstić information content (AvgIpc) is 0.955. The molecule has 0 radical (unpaired) electrons. The number of thiophene rings is 2. The molecule has 0 spiro atoms. The normalized spacial score (nSPS) is 21.8. The summed E-state index contributed by atoms with van der Waals surface area (Å²) in [5.74, 6) is -1.13. The van der Waals surface area contributed by atoms with Crippen LogP contribution in [0.2, 0.25) is 15.1 Å². The zero-order valence-electron chi connectivity index (χ0n) is 59.7. The Bertz CT molecular complexity index is 4080. The number of hydrogen-bond donors (Lipinski definition) is 4. The number of carbonyl (C=O) groups excluding carboxylic acids is 4. The molecule has 0 saturated carbocycles. The number of benzene rings is 6. The summed E-state index contributed by atoms with van der Waals surface area (Å²) in [5, 5.41) is 16.3. The third-order valence-corrected chi connectivity index (χ3v) is 23.9. The predicted molar refractivity (Wildman–Crippen MR) is 406 cm³/mol. The smallest absolute Gasteiger partial charge is 0.344 e. The van der Waals surface area contributed by atoms with Crippen LogP contribution in [0.25, 0.3) is 0 Å². The van der Waals surface area contributed by atoms with E-state index in [9.17, 15) is 58.7 Å². The molecule has 8 aromatic rings. The summed E-state index contributed by atoms with van der Waals surface area (Å²) < 4.78 is 118. The Labute approximate surface area is 642 Å². The second-order valence-corrected chi connectivity index (χ2v) is 30.8. The minimum atomic E-state index is -4.62. The fraction of sp³-hybridized carbons (Fsp3) is 0.407. The number of piperidine rings is 6. The van der Waals surface area contributed by atoms with E-state index in [0.717, 1.165) is 130 Å². The van der Waals surface area contributed by atoms with Gasteiger partial charge in [0.2, 0.25) is 0 Å². The summed E-state index contributed by atoms with van der Waals surface area (Å²) >= 11 is 20.9. The van der Waals surface area contributed by atoms with Gasteiger partial charge in [-0.25, -0.2) is 0 Å². The summed E-state index contributed by atoms with van der Waals surface area (Å²) in [5.41, 5.74) is 0.504. The maximum absolute atomic E-state index is 13.2. The first-order valence-corrected chi connectivity index (χ1v) is 38.9. The molecule has 2 aromatic heterocycles. The van der Waals surface area contributed by atoms with Crippen molar-refractivity contribution in [1.29, 1.82) is 0 Å². The summed E-state index contributed by atoms with van der Waals surface area (Å²) in [4.78, 5) is 61.3. The molecule has 6 saturated heterocycles. The molecule has 14 rings (SSSR count). The molecule has 0 aliphatic carbocycles. The molecular weight excluding hydrogens is 1490 g/mol. The number of hydrogen-bond acceptors (Lipinski definition) is 10. The molecule has 6 aliphatic rings. The maximum atomic E-state index is 13.2. The van der Waals surface area contributed by atoms with Gasteiger partial charge < -0.3 is 31.1 Å². The summed E-state index contributed by atoms with van der Waals surface area (Å²) in [6.45, 7) is 6.13. The van der Waals surface area contributed by atoms with Gasteiger partial charge in [-0.15, -0.1) is 11.3 Å². The number of fused-ring (bicyclic) bond motifs is 3. The standard InChI is InChI=1S/C22H22ClF3N2O.C22H24ClF3N2O.C19H20ClF3N2OS.C18H22N2OS/c23-19-16(7-4-8-17(19)22(24,25)26)21(29)27-20(15-5-2-1-3-6-15)18-13-14-9-11-28(18)12-10-14;1-14-8-6-13-18(28(14)2)20(15-9-4-3-5-10-15)27-21(29)16-11-7-12-17(19(16)23)22(24,25)26;1-25-9-3-2-7-15(25)17(12-8-10-27-11-12)24-18(26)13-5-4-6-14(16(13)20)19(21,22)23;1-20-12-6-5-10-15(20)17(14-8-3-2-4-9-14)19-18(21)16-11-7-13-22-16/h1-8,14,18,20H,9-13H2,(H,27,29);3-5,7,9-12,14,18,20H,6,8,13H2,1-2H3,(H,27,29);4-6,8,10-11,15,17H,2-3,7,9H2,1H3,(H,24,26);2-4,7-9,11,13,15,17H,5-6,10,12H2,1H3,(H,19,21)/t18-,20-;14-,18-,20-;;/m01../s1. The molecule has 4 unspecified atom stereocenters. The number of carbonyl (C=O) groups is 4. The van der Waals surface area contributed by atoms with E-state index in [2.05, 4.69) is 67.0 Å². The average molecular weight is 1580 g/mol. The van der Waals surface area contributed by atoms with E-state index in [1.54, 1.807) is 0 Å². The number of rotatable bonds is 16. The van der Waals surface area contributed by atoms with Gasteiger partial charge in [0.25, 0.3) is 23.6 Å². The molecule has 8 heterocycles. The van der Waals surface area contributed by atoms with Crippen LogP contribution in [-0.4, -0.2) is 121 Å². The van der Waals surface area contributed by atoms with Crippen LogP contribution in [0.1, 0.15) is 188 Å². The van der Waals surface area contributed by atoms with Crippen molar-refractivity contribution in [3.63, 3.8) is 0 Å². The predicted octanol–water partition coefficient (Wildman–Crippen LogP) is 20.1. The largest absolute Gasteiger partial charge is 0.417 e. The first kappa shape index (κ1) is 82.2. The van der Waals surface area contributed by atoms with Crippen LogP contribution in [0.3, 0.4) is 0 Å². The summed E-state index contributed by atoms with van der Waals surface area (Å²) in [7, 11) is 6.19. The maximum Gasteiger partial charge on any atom is 0.417 e. The summed E-state index contributed by atoms with van der Waals surface area (Å²) in [6.07, 6.45) is -0.914. The van der Waals surface area contributed by atoms with Crippen LogP contribution in [0.4, 0.5) is 39.5 Å². The van der Waals surface area contributed by atoms with E-state index in [1.165, 1.54) is 77.5 Å². The van der Waals surface area contributed by atoms with E-state index in [0.29, 0.717) is 18.0 Å². The quantitative estimate of drug-likeness (QED) is 0.0704. The highest BCUT2D eigenvalue weighted by molar-refractivity contribution is 7.12. The molecule has 107 heavy (non-hydrogen) atoms. The van der Waals surface area contributed by atoms with Crippen LogP contribution in [0.15, 0.2) is 180 Å². The van der Waals surface area contributed by atoms with E-state index in [4.69, 9.17) is 34.8 Å². The highest BCUT2D eigenvalue weighted by atomic mass is 35.5. The lowest BCUT2D eigenvalue weighted by Gasteiger charge is -2.48. The fourth-order valence-electron chi connectivity index (χ4n) is 15.3. The Kier molecular flexibility index (Phi) is 28.7. The van der Waals surface area contributed by atoms with E-state index < -0.39 is 68.0 Å². The van der Waals surface area contributed by atoms with Gasteiger partial charge in [-0.2, -0.15) is 50.9 Å². The molecule has 12 nitrogen and oxygen atoms in total. The Morgan fingerprint density at radius 1 is 0.411 bits per heavy atom. The van der Waals surface area contributed by atoms with Gasteiger partial charge in [-0.1, -0.05) is 169 Å². The molecular formula is C81H88Cl3F9N8O4S2. The highest BCUT2D eigenvalue weighted by Crippen LogP contribution is 2.43. The van der Waals surface area contributed by atoms with Crippen molar-refractivity contribution in [2.45, 2.75) is 157 Å². The Morgan fingerprint density at radius 3 is 1.17 bits per heavy atom. The zero-order valence-corrected chi connectivity index (χ0v) is 63.6. The molecule has 6 fully saturated rings. The molecule has 4 amide bonds. The van der Waals surface area contributed by atoms with E-state index in [1.807, 2.05) is 127 Å². The molecule has 4 N–H and O–H groups in total. The van der Waals surface area contributed by atoms with Crippen molar-refractivity contribution < 1.29 is 58.7 Å². The van der Waals surface area contributed by atoms with Crippen LogP contribution in [0, 0.1) is 5.92 Å². The minimum absolute atomic E-state index is 0.0304. The summed E-state index contributed by atoms with van der Waals surface area (Å²) in [6, 6.07) is 45.5. The lowest BCUT2D eigenvalue weighted by atomic mass is 9.79. The van der Waals surface area contributed by atoms with Crippen LogP contribution >= 0.6 is 57.5 Å². The lowest BCUT2D eigenvalue weighted by molar-refractivity contribution is -0.138. The third kappa shape index (κ3) is 21.2. The van der Waals surface area contributed by atoms with Crippen molar-refractivity contribution in [3.05, 3.63) is 256 Å². The SMILES string of the molecule is CN1CCCCC1C(NC(=O)c1cccc(C(F)(F)F)c1Cl)c1ccsc1.CN1CCCCC1C(NC(=O)c1cccs1)c1ccccc1.C[C@@H]1CCC[C@H]([C@H](NC(=O)c2cccc(C(F)(F)F)c2Cl)c2ccccc2)N1C.O=C(N[C@@H](c1ccccc1)[C@@H]1CC2CCN1CC2)c1cccc(C(F)(F)F)c1Cl. The molecule has 6 aliphatic heterocycles. The van der Waals surface area contributed by atoms with E-state index in [-0.39, 0.29) is 64.9 Å². The van der Waals surface area contributed by atoms with Crippen molar-refractivity contribution in [2.24, 2.45) is 5.92 Å². The van der Waals surface area contributed by atoms with Gasteiger partial charge in [0.1, 0.15) is 0 Å². The highest BCUT2D eigenvalue weighted by Gasteiger charge is 2.43. The van der Waals surface area contributed by atoms with Crippen molar-refractivity contribution in [2.75, 3.05) is 47.3 Å². The van der Waals surface area contributed by atoms with Crippen LogP contribution in [0.5, 0.6) is 0 Å². The van der Waals surface area contributed by atoms with Gasteiger partial charge >= 0.3 is 18.5 Å². The Morgan fingerprint density at radius 2 is 0.804 bits per heavy atom.